The predicted molar refractivity (Wildman–Crippen MR) is 83.9 cm³/mol. The number of pyridine rings is 1. The van der Waals surface area contributed by atoms with E-state index in [2.05, 4.69) is 14.5 Å². The highest BCUT2D eigenvalue weighted by Crippen LogP contribution is 2.31. The van der Waals surface area contributed by atoms with Gasteiger partial charge in [-0.25, -0.2) is 9.37 Å². The van der Waals surface area contributed by atoms with Gasteiger partial charge in [0.1, 0.15) is 5.82 Å². The van der Waals surface area contributed by atoms with Gasteiger partial charge < -0.3 is 14.2 Å². The normalized spacial score (nSPS) is 15.1. The molecule has 0 atom stereocenters. The largest absolute Gasteiger partial charge is 0.481 e. The standard InChI is InChI=1S/C17H16FN3O/c1-22-17-5-3-14(9-19-17)20-10-15(11-20)21-7-6-12-8-13(18)2-4-16(12)21/h2-9,15H,10-11H2,1H3. The number of rotatable bonds is 3. The Balaban J connectivity index is 1.52. The monoisotopic (exact) mass is 297 g/mol. The number of hydrogen-bond acceptors (Lipinski definition) is 3. The van der Waals surface area contributed by atoms with Crippen LogP contribution in [0.5, 0.6) is 5.88 Å². The van der Waals surface area contributed by atoms with E-state index in [1.807, 2.05) is 36.7 Å². The summed E-state index contributed by atoms with van der Waals surface area (Å²) in [4.78, 5) is 6.51. The molecule has 0 unspecified atom stereocenters. The van der Waals surface area contributed by atoms with E-state index in [0.717, 1.165) is 29.7 Å². The second-order valence-corrected chi connectivity index (χ2v) is 5.54. The molecule has 0 aliphatic carbocycles. The number of ether oxygens (including phenoxy) is 1. The Labute approximate surface area is 127 Å². The lowest BCUT2D eigenvalue weighted by molar-refractivity contribution is 0.395. The van der Waals surface area contributed by atoms with Crippen molar-refractivity contribution in [1.82, 2.24) is 9.55 Å². The molecule has 22 heavy (non-hydrogen) atoms. The molecular formula is C17H16FN3O. The lowest BCUT2D eigenvalue weighted by Crippen LogP contribution is -2.47. The summed E-state index contributed by atoms with van der Waals surface area (Å²) in [6.07, 6.45) is 3.87. The average molecular weight is 297 g/mol. The highest BCUT2D eigenvalue weighted by Gasteiger charge is 2.29. The summed E-state index contributed by atoms with van der Waals surface area (Å²) in [6, 6.07) is 11.2. The molecule has 3 heterocycles. The number of methoxy groups -OCH3 is 1. The van der Waals surface area contributed by atoms with Gasteiger partial charge in [0.05, 0.1) is 25.0 Å². The van der Waals surface area contributed by atoms with Crippen molar-refractivity contribution in [3.63, 3.8) is 0 Å². The molecule has 1 saturated heterocycles. The van der Waals surface area contributed by atoms with Crippen LogP contribution in [0.25, 0.3) is 10.9 Å². The molecular weight excluding hydrogens is 281 g/mol. The summed E-state index contributed by atoms with van der Waals surface area (Å²) in [5.74, 6) is 0.434. The van der Waals surface area contributed by atoms with Crippen LogP contribution in [0, 0.1) is 5.82 Å². The van der Waals surface area contributed by atoms with Gasteiger partial charge in [-0.1, -0.05) is 0 Å². The highest BCUT2D eigenvalue weighted by molar-refractivity contribution is 5.80. The molecule has 0 amide bonds. The van der Waals surface area contributed by atoms with Crippen LogP contribution in [0.15, 0.2) is 48.8 Å². The Morgan fingerprint density at radius 2 is 2.05 bits per heavy atom. The van der Waals surface area contributed by atoms with E-state index in [4.69, 9.17) is 4.74 Å². The highest BCUT2D eigenvalue weighted by atomic mass is 19.1. The Kier molecular flexibility index (Phi) is 2.99. The van der Waals surface area contributed by atoms with Gasteiger partial charge in [-0.15, -0.1) is 0 Å². The average Bonchev–Trinajstić information content (AvgIpc) is 2.89. The van der Waals surface area contributed by atoms with E-state index in [1.165, 1.54) is 6.07 Å². The van der Waals surface area contributed by atoms with Crippen molar-refractivity contribution in [1.29, 1.82) is 0 Å². The van der Waals surface area contributed by atoms with Crippen LogP contribution in [0.3, 0.4) is 0 Å². The summed E-state index contributed by atoms with van der Waals surface area (Å²) >= 11 is 0. The van der Waals surface area contributed by atoms with Crippen molar-refractivity contribution in [2.75, 3.05) is 25.1 Å². The molecule has 2 aromatic heterocycles. The first-order chi connectivity index (χ1) is 10.7. The smallest absolute Gasteiger partial charge is 0.213 e. The van der Waals surface area contributed by atoms with E-state index in [-0.39, 0.29) is 5.82 Å². The topological polar surface area (TPSA) is 30.3 Å². The number of halogens is 1. The van der Waals surface area contributed by atoms with Gasteiger partial charge in [-0.05, 0) is 30.3 Å². The zero-order chi connectivity index (χ0) is 15.1. The minimum absolute atomic E-state index is 0.190. The molecule has 4 rings (SSSR count). The van der Waals surface area contributed by atoms with Gasteiger partial charge in [0.25, 0.3) is 0 Å². The van der Waals surface area contributed by atoms with Gasteiger partial charge in [0, 0.05) is 36.3 Å². The maximum Gasteiger partial charge on any atom is 0.213 e. The molecule has 0 spiro atoms. The summed E-state index contributed by atoms with van der Waals surface area (Å²) in [7, 11) is 1.61. The van der Waals surface area contributed by atoms with Crippen LogP contribution < -0.4 is 9.64 Å². The lowest BCUT2D eigenvalue weighted by Gasteiger charge is -2.42. The Morgan fingerprint density at radius 3 is 2.77 bits per heavy atom. The van der Waals surface area contributed by atoms with Crippen molar-refractivity contribution in [2.45, 2.75) is 6.04 Å². The number of anilines is 1. The van der Waals surface area contributed by atoms with Crippen LogP contribution >= 0.6 is 0 Å². The van der Waals surface area contributed by atoms with E-state index >= 15 is 0 Å². The zero-order valence-corrected chi connectivity index (χ0v) is 12.2. The predicted octanol–water partition coefficient (Wildman–Crippen LogP) is 3.25. The van der Waals surface area contributed by atoms with Crippen molar-refractivity contribution in [3.05, 3.63) is 54.6 Å². The summed E-state index contributed by atoms with van der Waals surface area (Å²) < 4.78 is 20.6. The van der Waals surface area contributed by atoms with E-state index in [0.29, 0.717) is 11.9 Å². The van der Waals surface area contributed by atoms with Gasteiger partial charge in [-0.3, -0.25) is 0 Å². The number of hydrogen-bond donors (Lipinski definition) is 0. The molecule has 0 radical (unpaired) electrons. The fourth-order valence-corrected chi connectivity index (χ4v) is 2.98. The van der Waals surface area contributed by atoms with Crippen LogP contribution in [0.2, 0.25) is 0 Å². The number of nitrogens with zero attached hydrogens (tertiary/aromatic N) is 3. The van der Waals surface area contributed by atoms with Crippen molar-refractivity contribution < 1.29 is 9.13 Å². The van der Waals surface area contributed by atoms with E-state index in [1.54, 1.807) is 13.2 Å². The van der Waals surface area contributed by atoms with Crippen LogP contribution in [-0.4, -0.2) is 29.8 Å². The lowest BCUT2D eigenvalue weighted by atomic mass is 10.1. The quantitative estimate of drug-likeness (QED) is 0.743. The third-order valence-electron chi connectivity index (χ3n) is 4.23. The first-order valence-electron chi connectivity index (χ1n) is 7.26. The van der Waals surface area contributed by atoms with Crippen LogP contribution in [-0.2, 0) is 0 Å². The molecule has 1 fully saturated rings. The first kappa shape index (κ1) is 13.1. The van der Waals surface area contributed by atoms with Crippen molar-refractivity contribution in [2.24, 2.45) is 0 Å². The van der Waals surface area contributed by atoms with Gasteiger partial charge in [-0.2, -0.15) is 0 Å². The number of fused-ring (bicyclic) bond motifs is 1. The summed E-state index contributed by atoms with van der Waals surface area (Å²) in [6.45, 7) is 1.85. The van der Waals surface area contributed by atoms with Crippen LogP contribution in [0.4, 0.5) is 10.1 Å². The second kappa shape index (κ2) is 5.02. The molecule has 112 valence electrons. The number of benzene rings is 1. The molecule has 0 bridgehead atoms. The summed E-state index contributed by atoms with van der Waals surface area (Å²) in [5, 5.41) is 0.949. The molecule has 5 heteroatoms. The third-order valence-corrected chi connectivity index (χ3v) is 4.23. The molecule has 1 aliphatic heterocycles. The maximum absolute atomic E-state index is 13.3. The van der Waals surface area contributed by atoms with Gasteiger partial charge in [0.15, 0.2) is 0 Å². The minimum atomic E-state index is -0.190. The molecule has 0 saturated carbocycles. The van der Waals surface area contributed by atoms with Crippen molar-refractivity contribution >= 4 is 16.6 Å². The molecule has 0 N–H and O–H groups in total. The number of aromatic nitrogens is 2. The minimum Gasteiger partial charge on any atom is -0.481 e. The van der Waals surface area contributed by atoms with Gasteiger partial charge in [0.2, 0.25) is 5.88 Å². The van der Waals surface area contributed by atoms with Crippen molar-refractivity contribution in [3.8, 4) is 5.88 Å². The second-order valence-electron chi connectivity index (χ2n) is 5.54. The molecule has 1 aliphatic rings. The Hall–Kier alpha value is -2.56. The zero-order valence-electron chi connectivity index (χ0n) is 12.2. The molecule has 1 aromatic carbocycles. The Bertz CT molecular complexity index is 806. The fraction of sp³-hybridized carbons (Fsp3) is 0.235. The summed E-state index contributed by atoms with van der Waals surface area (Å²) in [5.41, 5.74) is 2.18. The SMILES string of the molecule is COc1ccc(N2CC(n3ccc4cc(F)ccc43)C2)cn1. The Morgan fingerprint density at radius 1 is 1.18 bits per heavy atom. The molecule has 3 aromatic rings. The van der Waals surface area contributed by atoms with E-state index in [9.17, 15) is 4.39 Å². The van der Waals surface area contributed by atoms with Gasteiger partial charge >= 0.3 is 0 Å². The van der Waals surface area contributed by atoms with Crippen LogP contribution in [0.1, 0.15) is 6.04 Å². The first-order valence-corrected chi connectivity index (χ1v) is 7.26. The van der Waals surface area contributed by atoms with E-state index < -0.39 is 0 Å². The maximum atomic E-state index is 13.3. The third kappa shape index (κ3) is 2.09. The fourth-order valence-electron chi connectivity index (χ4n) is 2.98. The molecule has 4 nitrogen and oxygen atoms in total.